The van der Waals surface area contributed by atoms with Crippen molar-refractivity contribution in [1.82, 2.24) is 9.88 Å². The van der Waals surface area contributed by atoms with Gasteiger partial charge in [-0.3, -0.25) is 9.56 Å². The van der Waals surface area contributed by atoms with Crippen molar-refractivity contribution in [2.45, 2.75) is 12.3 Å². The molecule has 2 unspecified atom stereocenters. The zero-order chi connectivity index (χ0) is 28.6. The molecule has 1 aliphatic rings. The molecule has 0 spiro atoms. The van der Waals surface area contributed by atoms with Gasteiger partial charge in [-0.25, -0.2) is 0 Å². The van der Waals surface area contributed by atoms with Crippen molar-refractivity contribution in [3.8, 4) is 22.3 Å². The summed E-state index contributed by atoms with van der Waals surface area (Å²) in [5.74, 6) is 0.787. The van der Waals surface area contributed by atoms with Crippen molar-refractivity contribution in [2.75, 3.05) is 0 Å². The maximum Gasteiger partial charge on any atom is 0.201 e. The number of nitrogens with one attached hydrogen (secondary N) is 1. The van der Waals surface area contributed by atoms with Gasteiger partial charge in [0.1, 0.15) is 0 Å². The van der Waals surface area contributed by atoms with E-state index in [2.05, 4.69) is 155 Å². The fourth-order valence-electron chi connectivity index (χ4n) is 6.07. The largest absolute Gasteiger partial charge is 0.613 e. The van der Waals surface area contributed by atoms with E-state index in [9.17, 15) is 0 Å². The first kappa shape index (κ1) is 25.3. The van der Waals surface area contributed by atoms with Gasteiger partial charge in [0.15, 0.2) is 0 Å². The third kappa shape index (κ3) is 4.68. The van der Waals surface area contributed by atoms with E-state index in [-0.39, 0.29) is 12.3 Å². The number of fused-ring (bicyclic) bond motifs is 3. The van der Waals surface area contributed by atoms with Crippen LogP contribution in [0.1, 0.15) is 23.5 Å². The molecule has 0 fully saturated rings. The summed E-state index contributed by atoms with van der Waals surface area (Å²) in [6.07, 6.45) is -0.580. The molecule has 2 heterocycles. The molecule has 8 rings (SSSR count). The van der Waals surface area contributed by atoms with Gasteiger partial charge in [0, 0.05) is 10.8 Å². The van der Waals surface area contributed by atoms with Gasteiger partial charge in [-0.15, -0.1) is 0 Å². The molecule has 0 radical (unpaired) electrons. The van der Waals surface area contributed by atoms with E-state index in [1.165, 1.54) is 33.0 Å². The van der Waals surface area contributed by atoms with E-state index in [1.807, 2.05) is 12.1 Å². The molecule has 0 saturated carbocycles. The standard InChI is InChI=1S/C39H29N4/c1-5-13-27(14-6-1)31-22-24-35-34(25-31)33-23-21-32(28-15-7-2-8-16-28)26-36(33)43(35)39-41-37(29-17-9-3-10-18-29)40-38(42-39)30-19-11-4-12-20-30/h1-26,37-38H,(H,41,42)/q-1. The predicted molar refractivity (Wildman–Crippen MR) is 178 cm³/mol. The first-order valence-corrected chi connectivity index (χ1v) is 14.7. The van der Waals surface area contributed by atoms with Crippen LogP contribution in [0.25, 0.3) is 49.4 Å². The number of aliphatic imine (C=N–C) groups is 1. The Balaban J connectivity index is 1.37. The summed E-state index contributed by atoms with van der Waals surface area (Å²) in [6.45, 7) is 0. The molecule has 43 heavy (non-hydrogen) atoms. The molecule has 0 amide bonds. The Morgan fingerprint density at radius 1 is 0.488 bits per heavy atom. The summed E-state index contributed by atoms with van der Waals surface area (Å²) in [7, 11) is 0. The minimum atomic E-state index is -0.337. The van der Waals surface area contributed by atoms with Crippen LogP contribution in [-0.2, 0) is 0 Å². The highest BCUT2D eigenvalue weighted by atomic mass is 15.4. The number of nitrogens with zero attached hydrogens (tertiary/aromatic N) is 3. The number of benzene rings is 6. The highest BCUT2D eigenvalue weighted by molar-refractivity contribution is 6.15. The van der Waals surface area contributed by atoms with Gasteiger partial charge < -0.3 is 10.6 Å². The van der Waals surface area contributed by atoms with Crippen molar-refractivity contribution < 1.29 is 0 Å². The number of aromatic nitrogens is 1. The maximum atomic E-state index is 5.26. The van der Waals surface area contributed by atoms with E-state index in [0.717, 1.165) is 28.1 Å². The zero-order valence-corrected chi connectivity index (χ0v) is 23.5. The second kappa shape index (κ2) is 10.8. The Morgan fingerprint density at radius 2 is 1.05 bits per heavy atom. The fraction of sp³-hybridized carbons (Fsp3) is 0.0513. The first-order chi connectivity index (χ1) is 21.3. The van der Waals surface area contributed by atoms with Gasteiger partial charge in [-0.05, 0) is 63.9 Å². The minimum absolute atomic E-state index is 0.243. The molecule has 7 aromatic rings. The Bertz CT molecular complexity index is 2060. The third-order valence-electron chi connectivity index (χ3n) is 8.21. The molecule has 0 bridgehead atoms. The average Bonchev–Trinajstić information content (AvgIpc) is 3.42. The van der Waals surface area contributed by atoms with Crippen LogP contribution >= 0.6 is 0 Å². The molecule has 4 nitrogen and oxygen atoms in total. The lowest BCUT2D eigenvalue weighted by Gasteiger charge is -2.44. The average molecular weight is 554 g/mol. The van der Waals surface area contributed by atoms with E-state index in [4.69, 9.17) is 10.3 Å². The summed E-state index contributed by atoms with van der Waals surface area (Å²) in [5.41, 5.74) is 9.13. The summed E-state index contributed by atoms with van der Waals surface area (Å²) in [4.78, 5) is 5.26. The van der Waals surface area contributed by atoms with E-state index < -0.39 is 0 Å². The molecule has 206 valence electrons. The summed E-state index contributed by atoms with van der Waals surface area (Å²) >= 11 is 0. The lowest BCUT2D eigenvalue weighted by atomic mass is 10.0. The van der Waals surface area contributed by atoms with Crippen molar-refractivity contribution >= 4 is 27.8 Å². The van der Waals surface area contributed by atoms with Gasteiger partial charge in [0.2, 0.25) is 5.96 Å². The number of rotatable bonds is 4. The van der Waals surface area contributed by atoms with Crippen molar-refractivity contribution in [2.24, 2.45) is 4.99 Å². The molecule has 0 aliphatic carbocycles. The maximum absolute atomic E-state index is 5.26. The highest BCUT2D eigenvalue weighted by Gasteiger charge is 2.21. The normalized spacial score (nSPS) is 16.6. The lowest BCUT2D eigenvalue weighted by molar-refractivity contribution is 0.618. The van der Waals surface area contributed by atoms with Crippen LogP contribution in [0.4, 0.5) is 0 Å². The number of hydrogen-bond acceptors (Lipinski definition) is 2. The number of hydrogen-bond donors (Lipinski definition) is 1. The van der Waals surface area contributed by atoms with Gasteiger partial charge in [0.05, 0.1) is 11.0 Å². The van der Waals surface area contributed by atoms with Crippen LogP contribution in [-0.4, -0.2) is 10.5 Å². The quantitative estimate of drug-likeness (QED) is 0.232. The Hall–Kier alpha value is -5.45. The SMILES string of the molecule is c1ccc(-c2ccc3c(c2)c2ccc(-c4ccccc4)cc2n3C2=NC(c3ccccc3)[N-]C(c3ccccc3)N2)cc1. The van der Waals surface area contributed by atoms with E-state index >= 15 is 0 Å². The van der Waals surface area contributed by atoms with Gasteiger partial charge >= 0.3 is 0 Å². The first-order valence-electron chi connectivity index (χ1n) is 14.7. The summed E-state index contributed by atoms with van der Waals surface area (Å²) < 4.78 is 2.28. The molecule has 4 heteroatoms. The summed E-state index contributed by atoms with van der Waals surface area (Å²) in [6, 6.07) is 55.4. The minimum Gasteiger partial charge on any atom is -0.613 e. The van der Waals surface area contributed by atoms with E-state index in [1.54, 1.807) is 0 Å². The molecule has 1 aliphatic heterocycles. The molecular formula is C39H29N4-. The smallest absolute Gasteiger partial charge is 0.201 e. The van der Waals surface area contributed by atoms with E-state index in [0.29, 0.717) is 0 Å². The van der Waals surface area contributed by atoms with Gasteiger partial charge in [-0.2, -0.15) is 0 Å². The van der Waals surface area contributed by atoms with Crippen molar-refractivity contribution in [3.63, 3.8) is 0 Å². The Kier molecular flexibility index (Phi) is 6.32. The fourth-order valence-corrected chi connectivity index (χ4v) is 6.07. The topological polar surface area (TPSA) is 43.4 Å². The lowest BCUT2D eigenvalue weighted by Crippen LogP contribution is -2.37. The predicted octanol–water partition coefficient (Wildman–Crippen LogP) is 9.71. The molecule has 0 saturated heterocycles. The molecular weight excluding hydrogens is 524 g/mol. The second-order valence-electron chi connectivity index (χ2n) is 10.9. The van der Waals surface area contributed by atoms with Crippen LogP contribution in [0.3, 0.4) is 0 Å². The monoisotopic (exact) mass is 553 g/mol. The summed E-state index contributed by atoms with van der Waals surface area (Å²) in [5, 5.41) is 11.2. The Morgan fingerprint density at radius 3 is 1.70 bits per heavy atom. The van der Waals surface area contributed by atoms with Crippen LogP contribution in [0, 0.1) is 0 Å². The van der Waals surface area contributed by atoms with Crippen LogP contribution in [0.5, 0.6) is 0 Å². The van der Waals surface area contributed by atoms with Gasteiger partial charge in [0.25, 0.3) is 0 Å². The molecule has 1 aromatic heterocycles. The van der Waals surface area contributed by atoms with Crippen molar-refractivity contribution in [3.05, 3.63) is 174 Å². The van der Waals surface area contributed by atoms with Crippen LogP contribution in [0.2, 0.25) is 0 Å². The van der Waals surface area contributed by atoms with Gasteiger partial charge in [-0.1, -0.05) is 140 Å². The zero-order valence-electron chi connectivity index (χ0n) is 23.5. The Labute approximate surface area is 251 Å². The van der Waals surface area contributed by atoms with Crippen molar-refractivity contribution in [1.29, 1.82) is 0 Å². The second-order valence-corrected chi connectivity index (χ2v) is 10.9. The van der Waals surface area contributed by atoms with Crippen LogP contribution < -0.4 is 5.32 Å². The van der Waals surface area contributed by atoms with Crippen LogP contribution in [0.15, 0.2) is 163 Å². The molecule has 2 atom stereocenters. The highest BCUT2D eigenvalue weighted by Crippen LogP contribution is 2.39. The third-order valence-corrected chi connectivity index (χ3v) is 8.21. The molecule has 1 N–H and O–H groups in total. The molecule has 6 aromatic carbocycles.